The molecule has 1 N–H and O–H groups in total. The second-order valence-corrected chi connectivity index (χ2v) is 4.41. The molecule has 0 aliphatic heterocycles. The van der Waals surface area contributed by atoms with Crippen LogP contribution in [0.15, 0.2) is 12.1 Å². The fourth-order valence-corrected chi connectivity index (χ4v) is 1.72. The summed E-state index contributed by atoms with van der Waals surface area (Å²) in [6.07, 6.45) is -4.35. The third-order valence-electron chi connectivity index (χ3n) is 2.08. The van der Waals surface area contributed by atoms with Crippen LogP contribution in [0.25, 0.3) is 0 Å². The summed E-state index contributed by atoms with van der Waals surface area (Å²) in [4.78, 5) is 4.87. The first-order valence-electron chi connectivity index (χ1n) is 5.02. The fraction of sp³-hybridized carbons (Fsp3) is 0.500. The summed E-state index contributed by atoms with van der Waals surface area (Å²) in [6, 6.07) is 2.92. The molecular weight excluding hydrogens is 292 g/mol. The molecule has 0 aromatic carbocycles. The van der Waals surface area contributed by atoms with Crippen molar-refractivity contribution in [3.05, 3.63) is 28.0 Å². The molecule has 0 fully saturated rings. The van der Waals surface area contributed by atoms with Crippen molar-refractivity contribution >= 4 is 23.2 Å². The maximum atomic E-state index is 12.3. The van der Waals surface area contributed by atoms with Gasteiger partial charge in [-0.2, -0.15) is 13.2 Å². The van der Waals surface area contributed by atoms with Gasteiger partial charge in [-0.05, 0) is 12.1 Å². The summed E-state index contributed by atoms with van der Waals surface area (Å²) in [6.45, 7) is -1.77. The highest BCUT2D eigenvalue weighted by Gasteiger charge is 2.30. The molecule has 1 rings (SSSR count). The van der Waals surface area contributed by atoms with Gasteiger partial charge in [-0.1, -0.05) is 23.2 Å². The second kappa shape index (κ2) is 6.56. The van der Waals surface area contributed by atoms with E-state index in [2.05, 4.69) is 4.98 Å². The van der Waals surface area contributed by atoms with Crippen molar-refractivity contribution in [3.63, 3.8) is 0 Å². The van der Waals surface area contributed by atoms with Gasteiger partial charge in [-0.15, -0.1) is 0 Å². The monoisotopic (exact) mass is 302 g/mol. The van der Waals surface area contributed by atoms with E-state index in [1.165, 1.54) is 12.1 Å². The van der Waals surface area contributed by atoms with Gasteiger partial charge < -0.3 is 5.11 Å². The molecule has 0 saturated heterocycles. The van der Waals surface area contributed by atoms with Crippen LogP contribution in [-0.2, 0) is 6.54 Å². The quantitative estimate of drug-likeness (QED) is 0.850. The van der Waals surface area contributed by atoms with Gasteiger partial charge in [0.15, 0.2) is 0 Å². The number of nitrogens with zero attached hydrogens (tertiary/aromatic N) is 2. The zero-order valence-electron chi connectivity index (χ0n) is 9.21. The summed E-state index contributed by atoms with van der Waals surface area (Å²) < 4.78 is 36.9. The number of aliphatic hydroxyl groups is 1. The summed E-state index contributed by atoms with van der Waals surface area (Å²) in [7, 11) is 0. The number of aromatic nitrogens is 1. The maximum absolute atomic E-state index is 12.3. The van der Waals surface area contributed by atoms with Crippen molar-refractivity contribution in [2.45, 2.75) is 12.7 Å². The summed E-state index contributed by atoms with van der Waals surface area (Å²) in [5.41, 5.74) is 0.252. The molecule has 1 aromatic rings. The van der Waals surface area contributed by atoms with Crippen molar-refractivity contribution in [2.75, 3.05) is 19.7 Å². The fourth-order valence-electron chi connectivity index (χ4n) is 1.39. The third-order valence-corrected chi connectivity index (χ3v) is 2.63. The first-order chi connectivity index (χ1) is 8.31. The minimum atomic E-state index is -4.35. The van der Waals surface area contributed by atoms with Crippen LogP contribution < -0.4 is 0 Å². The Kier molecular flexibility index (Phi) is 5.65. The summed E-state index contributed by atoms with van der Waals surface area (Å²) in [5, 5.41) is 9.14. The molecule has 0 amide bonds. The second-order valence-electron chi connectivity index (χ2n) is 3.61. The molecule has 1 heterocycles. The standard InChI is InChI=1S/C10H11Cl2F3N2O/c11-7-1-2-9(12)16-8(7)5-17(3-4-18)6-10(13,14)15/h1-2,18H,3-6H2. The number of rotatable bonds is 5. The topological polar surface area (TPSA) is 36.4 Å². The smallest absolute Gasteiger partial charge is 0.395 e. The van der Waals surface area contributed by atoms with Gasteiger partial charge in [0.2, 0.25) is 0 Å². The molecule has 0 radical (unpaired) electrons. The molecule has 0 spiro atoms. The lowest BCUT2D eigenvalue weighted by atomic mass is 10.3. The van der Waals surface area contributed by atoms with E-state index in [1.54, 1.807) is 0 Å². The predicted octanol–water partition coefficient (Wildman–Crippen LogP) is 2.75. The molecule has 0 unspecified atom stereocenters. The first-order valence-corrected chi connectivity index (χ1v) is 5.78. The summed E-state index contributed by atoms with van der Waals surface area (Å²) in [5.74, 6) is 0. The summed E-state index contributed by atoms with van der Waals surface area (Å²) >= 11 is 11.5. The normalized spacial score (nSPS) is 12.2. The molecule has 0 aliphatic carbocycles. The van der Waals surface area contributed by atoms with E-state index in [-0.39, 0.29) is 35.6 Å². The molecule has 0 atom stereocenters. The van der Waals surface area contributed by atoms with E-state index < -0.39 is 12.7 Å². The first kappa shape index (κ1) is 15.5. The molecule has 8 heteroatoms. The number of hydrogen-bond donors (Lipinski definition) is 1. The minimum Gasteiger partial charge on any atom is -0.395 e. The molecule has 18 heavy (non-hydrogen) atoms. The number of hydrogen-bond acceptors (Lipinski definition) is 3. The molecular formula is C10H11Cl2F3N2O. The molecule has 0 bridgehead atoms. The Labute approximate surface area is 112 Å². The lowest BCUT2D eigenvalue weighted by molar-refractivity contribution is -0.148. The zero-order valence-corrected chi connectivity index (χ0v) is 10.7. The van der Waals surface area contributed by atoms with Crippen LogP contribution in [0.3, 0.4) is 0 Å². The van der Waals surface area contributed by atoms with Crippen LogP contribution in [0.1, 0.15) is 5.69 Å². The SMILES string of the molecule is OCCN(Cc1nc(Cl)ccc1Cl)CC(F)(F)F. The average Bonchev–Trinajstić information content (AvgIpc) is 2.21. The van der Waals surface area contributed by atoms with Crippen molar-refractivity contribution < 1.29 is 18.3 Å². The van der Waals surface area contributed by atoms with Crippen molar-refractivity contribution in [3.8, 4) is 0 Å². The predicted molar refractivity (Wildman–Crippen MR) is 62.7 cm³/mol. The van der Waals surface area contributed by atoms with E-state index in [0.29, 0.717) is 0 Å². The van der Waals surface area contributed by atoms with E-state index in [1.807, 2.05) is 0 Å². The van der Waals surface area contributed by atoms with Crippen molar-refractivity contribution in [2.24, 2.45) is 0 Å². The van der Waals surface area contributed by atoms with Crippen LogP contribution >= 0.6 is 23.2 Å². The van der Waals surface area contributed by atoms with E-state index in [9.17, 15) is 13.2 Å². The van der Waals surface area contributed by atoms with Gasteiger partial charge in [0.05, 0.1) is 23.9 Å². The zero-order chi connectivity index (χ0) is 13.8. The lowest BCUT2D eigenvalue weighted by Crippen LogP contribution is -2.36. The van der Waals surface area contributed by atoms with Gasteiger partial charge >= 0.3 is 6.18 Å². The molecule has 1 aromatic heterocycles. The van der Waals surface area contributed by atoms with Crippen LogP contribution in [0.4, 0.5) is 13.2 Å². The molecule has 3 nitrogen and oxygen atoms in total. The van der Waals surface area contributed by atoms with Gasteiger partial charge in [0.25, 0.3) is 0 Å². The average molecular weight is 303 g/mol. The molecule has 0 aliphatic rings. The number of aliphatic hydroxyl groups excluding tert-OH is 1. The third kappa shape index (κ3) is 5.39. The van der Waals surface area contributed by atoms with E-state index in [4.69, 9.17) is 28.3 Å². The Balaban J connectivity index is 2.79. The Morgan fingerprint density at radius 2 is 1.94 bits per heavy atom. The van der Waals surface area contributed by atoms with Crippen molar-refractivity contribution in [1.82, 2.24) is 9.88 Å². The highest BCUT2D eigenvalue weighted by molar-refractivity contribution is 6.32. The van der Waals surface area contributed by atoms with Crippen molar-refractivity contribution in [1.29, 1.82) is 0 Å². The van der Waals surface area contributed by atoms with E-state index >= 15 is 0 Å². The Morgan fingerprint density at radius 1 is 1.28 bits per heavy atom. The van der Waals surface area contributed by atoms with Gasteiger partial charge in [-0.3, -0.25) is 4.90 Å². The Morgan fingerprint density at radius 3 is 2.50 bits per heavy atom. The minimum absolute atomic E-state index is 0.121. The van der Waals surface area contributed by atoms with Gasteiger partial charge in [-0.25, -0.2) is 4.98 Å². The largest absolute Gasteiger partial charge is 0.401 e. The highest BCUT2D eigenvalue weighted by atomic mass is 35.5. The van der Waals surface area contributed by atoms with Crippen LogP contribution in [-0.4, -0.2) is 40.9 Å². The highest BCUT2D eigenvalue weighted by Crippen LogP contribution is 2.21. The van der Waals surface area contributed by atoms with Crippen LogP contribution in [0.2, 0.25) is 10.2 Å². The van der Waals surface area contributed by atoms with Crippen LogP contribution in [0, 0.1) is 0 Å². The Bertz CT molecular complexity index is 401. The molecule has 102 valence electrons. The van der Waals surface area contributed by atoms with E-state index in [0.717, 1.165) is 4.90 Å². The number of pyridine rings is 1. The number of halogens is 5. The Hall–Kier alpha value is -0.560. The molecule has 0 saturated carbocycles. The lowest BCUT2D eigenvalue weighted by Gasteiger charge is -2.22. The number of alkyl halides is 3. The maximum Gasteiger partial charge on any atom is 0.401 e. The van der Waals surface area contributed by atoms with Gasteiger partial charge in [0, 0.05) is 13.1 Å². The van der Waals surface area contributed by atoms with Crippen LogP contribution in [0.5, 0.6) is 0 Å². The van der Waals surface area contributed by atoms with Gasteiger partial charge in [0.1, 0.15) is 5.15 Å².